The molecule has 0 saturated heterocycles. The summed E-state index contributed by atoms with van der Waals surface area (Å²) in [6, 6.07) is 30.8. The van der Waals surface area contributed by atoms with Gasteiger partial charge in [-0.2, -0.15) is 5.26 Å². The molecule has 0 fully saturated rings. The van der Waals surface area contributed by atoms with E-state index < -0.39 is 0 Å². The van der Waals surface area contributed by atoms with Crippen LogP contribution in [-0.4, -0.2) is 4.57 Å². The Balaban J connectivity index is 1.85. The number of fused-ring (bicyclic) bond motifs is 6. The molecule has 2 heterocycles. The molecule has 0 atom stereocenters. The number of hydrogen-bond donors (Lipinski definition) is 0. The summed E-state index contributed by atoms with van der Waals surface area (Å²) < 4.78 is 8.29. The Kier molecular flexibility index (Phi) is 2.95. The van der Waals surface area contributed by atoms with E-state index >= 15 is 0 Å². The first kappa shape index (κ1) is 15.1. The number of aromatic nitrogens is 1. The Bertz CT molecular complexity index is 1580. The quantitative estimate of drug-likeness (QED) is 0.334. The fourth-order valence-electron chi connectivity index (χ4n) is 4.21. The fourth-order valence-corrected chi connectivity index (χ4v) is 4.21. The second kappa shape index (κ2) is 5.48. The van der Waals surface area contributed by atoms with Crippen LogP contribution in [0.3, 0.4) is 0 Å². The van der Waals surface area contributed by atoms with E-state index in [9.17, 15) is 5.26 Å². The van der Waals surface area contributed by atoms with Crippen LogP contribution in [0.1, 0.15) is 5.56 Å². The van der Waals surface area contributed by atoms with Gasteiger partial charge in [0.25, 0.3) is 0 Å². The molecule has 28 heavy (non-hydrogen) atoms. The molecular weight excluding hydrogens is 344 g/mol. The van der Waals surface area contributed by atoms with Gasteiger partial charge in [0.15, 0.2) is 0 Å². The predicted octanol–water partition coefficient (Wildman–Crippen LogP) is 6.55. The van der Waals surface area contributed by atoms with Crippen LogP contribution in [0.15, 0.2) is 89.3 Å². The molecule has 4 aromatic carbocycles. The maximum atomic E-state index is 9.65. The van der Waals surface area contributed by atoms with Crippen LogP contribution in [0.4, 0.5) is 0 Å². The molecule has 0 aliphatic carbocycles. The summed E-state index contributed by atoms with van der Waals surface area (Å²) in [5.74, 6) is 0. The third-order valence-corrected chi connectivity index (χ3v) is 5.44. The van der Waals surface area contributed by atoms with Gasteiger partial charge in [0.05, 0.1) is 22.3 Å². The third-order valence-electron chi connectivity index (χ3n) is 5.44. The molecule has 3 nitrogen and oxygen atoms in total. The molecule has 2 aromatic heterocycles. The molecule has 0 aliphatic rings. The van der Waals surface area contributed by atoms with Crippen LogP contribution in [0, 0.1) is 11.3 Å². The molecule has 0 amide bonds. The maximum absolute atomic E-state index is 9.65. The molecule has 130 valence electrons. The standard InChI is InChI=1S/C25H14N2O/c26-15-16-7-1-4-10-21(16)27-22-11-5-2-8-17(22)19-13-20-18-9-3-6-12-24(18)28-25(20)14-23(19)27/h1-14H. The third kappa shape index (κ3) is 1.92. The second-order valence-corrected chi connectivity index (χ2v) is 6.95. The van der Waals surface area contributed by atoms with Gasteiger partial charge in [-0.15, -0.1) is 0 Å². The van der Waals surface area contributed by atoms with E-state index in [1.165, 1.54) is 0 Å². The zero-order valence-corrected chi connectivity index (χ0v) is 14.9. The van der Waals surface area contributed by atoms with Crippen molar-refractivity contribution in [2.45, 2.75) is 0 Å². The van der Waals surface area contributed by atoms with E-state index in [0.717, 1.165) is 49.4 Å². The Hall–Kier alpha value is -4.03. The van der Waals surface area contributed by atoms with Crippen molar-refractivity contribution in [3.8, 4) is 11.8 Å². The van der Waals surface area contributed by atoms with Crippen LogP contribution < -0.4 is 0 Å². The van der Waals surface area contributed by atoms with E-state index in [0.29, 0.717) is 5.56 Å². The van der Waals surface area contributed by atoms with Gasteiger partial charge in [-0.05, 0) is 30.3 Å². The highest BCUT2D eigenvalue weighted by molar-refractivity contribution is 6.17. The van der Waals surface area contributed by atoms with E-state index in [-0.39, 0.29) is 0 Å². The molecule has 6 rings (SSSR count). The number of rotatable bonds is 1. The lowest BCUT2D eigenvalue weighted by Gasteiger charge is -2.09. The van der Waals surface area contributed by atoms with Gasteiger partial charge in [0.1, 0.15) is 17.2 Å². The summed E-state index contributed by atoms with van der Waals surface area (Å²) in [5, 5.41) is 14.2. The minimum absolute atomic E-state index is 0.648. The highest BCUT2D eigenvalue weighted by atomic mass is 16.3. The molecule has 0 unspecified atom stereocenters. The van der Waals surface area contributed by atoms with Crippen LogP contribution in [0.2, 0.25) is 0 Å². The number of benzene rings is 4. The van der Waals surface area contributed by atoms with Crippen molar-refractivity contribution >= 4 is 43.7 Å². The molecule has 0 saturated carbocycles. The summed E-state index contributed by atoms with van der Waals surface area (Å²) >= 11 is 0. The van der Waals surface area contributed by atoms with Crippen molar-refractivity contribution in [1.29, 1.82) is 5.26 Å². The van der Waals surface area contributed by atoms with E-state index in [1.807, 2.05) is 48.5 Å². The molecule has 0 radical (unpaired) electrons. The van der Waals surface area contributed by atoms with Crippen molar-refractivity contribution in [2.24, 2.45) is 0 Å². The fraction of sp³-hybridized carbons (Fsp3) is 0. The summed E-state index contributed by atoms with van der Waals surface area (Å²) in [6.07, 6.45) is 0. The predicted molar refractivity (Wildman–Crippen MR) is 113 cm³/mol. The summed E-state index contributed by atoms with van der Waals surface area (Å²) in [4.78, 5) is 0. The average Bonchev–Trinajstić information content (AvgIpc) is 3.27. The minimum atomic E-state index is 0.648. The summed E-state index contributed by atoms with van der Waals surface area (Å²) in [6.45, 7) is 0. The Morgan fingerprint density at radius 3 is 2.29 bits per heavy atom. The largest absolute Gasteiger partial charge is 0.456 e. The minimum Gasteiger partial charge on any atom is -0.456 e. The van der Waals surface area contributed by atoms with Gasteiger partial charge < -0.3 is 8.98 Å². The van der Waals surface area contributed by atoms with Gasteiger partial charge >= 0.3 is 0 Å². The Labute approximate surface area is 160 Å². The second-order valence-electron chi connectivity index (χ2n) is 6.95. The van der Waals surface area contributed by atoms with Crippen LogP contribution >= 0.6 is 0 Å². The van der Waals surface area contributed by atoms with Crippen molar-refractivity contribution in [1.82, 2.24) is 4.57 Å². The first-order valence-electron chi connectivity index (χ1n) is 9.19. The van der Waals surface area contributed by atoms with Crippen LogP contribution in [0.5, 0.6) is 0 Å². The molecule has 0 aliphatic heterocycles. The van der Waals surface area contributed by atoms with Gasteiger partial charge in [-0.1, -0.05) is 48.5 Å². The van der Waals surface area contributed by atoms with Crippen molar-refractivity contribution in [2.75, 3.05) is 0 Å². The van der Waals surface area contributed by atoms with Gasteiger partial charge in [-0.3, -0.25) is 0 Å². The topological polar surface area (TPSA) is 41.9 Å². The Morgan fingerprint density at radius 1 is 0.643 bits per heavy atom. The summed E-state index contributed by atoms with van der Waals surface area (Å²) in [5.41, 5.74) is 5.39. The maximum Gasteiger partial charge on any atom is 0.137 e. The lowest BCUT2D eigenvalue weighted by Crippen LogP contribution is -1.96. The number of nitriles is 1. The summed E-state index contributed by atoms with van der Waals surface area (Å²) in [7, 11) is 0. The average molecular weight is 358 g/mol. The molecule has 0 spiro atoms. The van der Waals surface area contributed by atoms with E-state index in [1.54, 1.807) is 0 Å². The highest BCUT2D eigenvalue weighted by Gasteiger charge is 2.17. The Morgan fingerprint density at radius 2 is 1.39 bits per heavy atom. The van der Waals surface area contributed by atoms with Crippen molar-refractivity contribution < 1.29 is 4.42 Å². The number of nitrogens with zero attached hydrogens (tertiary/aromatic N) is 2. The monoisotopic (exact) mass is 358 g/mol. The zero-order chi connectivity index (χ0) is 18.7. The molecule has 3 heteroatoms. The van der Waals surface area contributed by atoms with Crippen molar-refractivity contribution in [3.63, 3.8) is 0 Å². The van der Waals surface area contributed by atoms with Crippen molar-refractivity contribution in [3.05, 3.63) is 90.5 Å². The number of furan rings is 1. The molecule has 0 N–H and O–H groups in total. The van der Waals surface area contributed by atoms with E-state index in [4.69, 9.17) is 4.42 Å². The van der Waals surface area contributed by atoms with E-state index in [2.05, 4.69) is 47.0 Å². The first-order chi connectivity index (χ1) is 13.8. The lowest BCUT2D eigenvalue weighted by atomic mass is 10.1. The zero-order valence-electron chi connectivity index (χ0n) is 14.9. The van der Waals surface area contributed by atoms with Gasteiger partial charge in [-0.25, -0.2) is 0 Å². The molecule has 6 aromatic rings. The number of hydrogen-bond acceptors (Lipinski definition) is 2. The molecule has 0 bridgehead atoms. The van der Waals surface area contributed by atoms with Gasteiger partial charge in [0.2, 0.25) is 0 Å². The number of para-hydroxylation sites is 3. The highest BCUT2D eigenvalue weighted by Crippen LogP contribution is 2.38. The normalized spacial score (nSPS) is 11.5. The SMILES string of the molecule is N#Cc1ccccc1-n1c2ccccc2c2cc3c(cc21)oc1ccccc13. The first-order valence-corrected chi connectivity index (χ1v) is 9.19. The van der Waals surface area contributed by atoms with Crippen LogP contribution in [-0.2, 0) is 0 Å². The lowest BCUT2D eigenvalue weighted by molar-refractivity contribution is 0.669. The van der Waals surface area contributed by atoms with Gasteiger partial charge in [0, 0.05) is 27.6 Å². The molecular formula is C25H14N2O. The van der Waals surface area contributed by atoms with Crippen LogP contribution in [0.25, 0.3) is 49.4 Å². The smallest absolute Gasteiger partial charge is 0.137 e.